The fourth-order valence-corrected chi connectivity index (χ4v) is 3.97. The van der Waals surface area contributed by atoms with Gasteiger partial charge in [-0.2, -0.15) is 0 Å². The van der Waals surface area contributed by atoms with Crippen LogP contribution in [0.5, 0.6) is 0 Å². The molecule has 11 heteroatoms. The van der Waals surface area contributed by atoms with E-state index in [9.17, 15) is 23.6 Å². The van der Waals surface area contributed by atoms with Gasteiger partial charge in [-0.3, -0.25) is 23.9 Å². The van der Waals surface area contributed by atoms with Gasteiger partial charge >= 0.3 is 11.7 Å². The predicted octanol–water partition coefficient (Wildman–Crippen LogP) is 1.46. The first-order valence-corrected chi connectivity index (χ1v) is 10.7. The van der Waals surface area contributed by atoms with Crippen molar-refractivity contribution in [2.24, 2.45) is 13.0 Å². The molecule has 1 amide bonds. The number of amides is 1. The molecule has 1 atom stereocenters. The van der Waals surface area contributed by atoms with Crippen molar-refractivity contribution in [3.05, 3.63) is 56.7 Å². The van der Waals surface area contributed by atoms with E-state index in [1.165, 1.54) is 32.2 Å². The number of imidazole rings is 1. The summed E-state index contributed by atoms with van der Waals surface area (Å²) in [6, 6.07) is 5.87. The summed E-state index contributed by atoms with van der Waals surface area (Å²) in [7, 11) is 1.60. The number of anilines is 1. The first-order valence-electron chi connectivity index (χ1n) is 10.7. The van der Waals surface area contributed by atoms with Crippen LogP contribution in [0.25, 0.3) is 11.2 Å². The molecule has 1 aliphatic rings. The minimum Gasteiger partial charge on any atom is -0.457 e. The van der Waals surface area contributed by atoms with Crippen LogP contribution in [0, 0.1) is 11.7 Å². The predicted molar refractivity (Wildman–Crippen MR) is 117 cm³/mol. The lowest BCUT2D eigenvalue weighted by atomic mass is 10.1. The molecule has 0 radical (unpaired) electrons. The molecule has 0 bridgehead atoms. The normalized spacial score (nSPS) is 16.0. The molecule has 3 aromatic rings. The smallest absolute Gasteiger partial charge is 0.330 e. The van der Waals surface area contributed by atoms with E-state index in [0.29, 0.717) is 6.54 Å². The van der Waals surface area contributed by atoms with E-state index in [4.69, 9.17) is 4.74 Å². The largest absolute Gasteiger partial charge is 0.457 e. The van der Waals surface area contributed by atoms with E-state index in [-0.39, 0.29) is 48.2 Å². The van der Waals surface area contributed by atoms with Gasteiger partial charge in [0, 0.05) is 26.6 Å². The number of nitrogens with zero attached hydrogens (tertiary/aromatic N) is 4. The van der Waals surface area contributed by atoms with E-state index in [2.05, 4.69) is 9.97 Å². The van der Waals surface area contributed by atoms with Crippen LogP contribution >= 0.6 is 0 Å². The molecular formula is C22H24FN5O5. The van der Waals surface area contributed by atoms with Crippen LogP contribution in [-0.4, -0.2) is 37.5 Å². The molecule has 1 aromatic carbocycles. The third-order valence-electron chi connectivity index (χ3n) is 5.79. The third-order valence-corrected chi connectivity index (χ3v) is 5.79. The first kappa shape index (κ1) is 22.4. The highest BCUT2D eigenvalue weighted by atomic mass is 19.1. The zero-order chi connectivity index (χ0) is 23.7. The number of esters is 1. The lowest BCUT2D eigenvalue weighted by Crippen LogP contribution is -2.31. The Bertz CT molecular complexity index is 1340. The number of hydrogen-bond donors (Lipinski definition) is 1. The Balaban J connectivity index is 1.51. The fraction of sp³-hybridized carbons (Fsp3) is 0.409. The number of benzene rings is 1. The van der Waals surface area contributed by atoms with Crippen LogP contribution < -0.4 is 16.1 Å². The Labute approximate surface area is 187 Å². The number of hydrogen-bond acceptors (Lipinski definition) is 6. The van der Waals surface area contributed by atoms with Crippen molar-refractivity contribution in [1.82, 2.24) is 19.1 Å². The maximum Gasteiger partial charge on any atom is 0.330 e. The van der Waals surface area contributed by atoms with E-state index < -0.39 is 29.0 Å². The number of carbonyl (C=O) groups excluding carboxylic acids is 2. The fourth-order valence-electron chi connectivity index (χ4n) is 3.97. The highest BCUT2D eigenvalue weighted by Crippen LogP contribution is 2.28. The summed E-state index contributed by atoms with van der Waals surface area (Å²) in [6.45, 7) is 2.15. The SMILES string of the molecule is CCCCn1c(=O)[nH]c(=O)c2c1nc(COC(=O)C1CC(=O)N(c3ccccc3F)C1)n2C. The summed E-state index contributed by atoms with van der Waals surface area (Å²) in [4.78, 5) is 57.4. The van der Waals surface area contributed by atoms with E-state index in [1.807, 2.05) is 6.92 Å². The van der Waals surface area contributed by atoms with Crippen molar-refractivity contribution in [3.8, 4) is 0 Å². The molecule has 1 unspecified atom stereocenters. The quantitative estimate of drug-likeness (QED) is 0.537. The molecule has 33 heavy (non-hydrogen) atoms. The number of rotatable bonds is 7. The van der Waals surface area contributed by atoms with Crippen molar-refractivity contribution in [2.45, 2.75) is 39.3 Å². The maximum atomic E-state index is 14.1. The van der Waals surface area contributed by atoms with Crippen molar-refractivity contribution < 1.29 is 18.7 Å². The zero-order valence-electron chi connectivity index (χ0n) is 18.3. The number of ether oxygens (including phenoxy) is 1. The van der Waals surface area contributed by atoms with E-state index >= 15 is 0 Å². The van der Waals surface area contributed by atoms with Crippen LogP contribution in [-0.2, 0) is 34.5 Å². The monoisotopic (exact) mass is 457 g/mol. The second-order valence-electron chi connectivity index (χ2n) is 7.99. The summed E-state index contributed by atoms with van der Waals surface area (Å²) < 4.78 is 22.3. The van der Waals surface area contributed by atoms with Gasteiger partial charge in [0.25, 0.3) is 5.56 Å². The van der Waals surface area contributed by atoms with Gasteiger partial charge in [-0.25, -0.2) is 14.2 Å². The lowest BCUT2D eigenvalue weighted by Gasteiger charge is -2.17. The number of nitrogens with one attached hydrogen (secondary N) is 1. The molecule has 0 spiro atoms. The van der Waals surface area contributed by atoms with Gasteiger partial charge in [0.1, 0.15) is 18.2 Å². The van der Waals surface area contributed by atoms with Crippen molar-refractivity contribution >= 4 is 28.7 Å². The van der Waals surface area contributed by atoms with Crippen LogP contribution in [0.1, 0.15) is 32.0 Å². The average molecular weight is 457 g/mol. The standard InChI is InChI=1S/C22H24FN5O5/c1-3-4-9-27-19-18(20(30)25-22(27)32)26(2)16(24-19)12-33-21(31)13-10-17(29)28(11-13)15-8-6-5-7-14(15)23/h5-8,13H,3-4,9-12H2,1-2H3,(H,25,30,32). The molecule has 10 nitrogen and oxygen atoms in total. The molecule has 1 N–H and O–H groups in total. The molecule has 1 aliphatic heterocycles. The molecule has 1 fully saturated rings. The third kappa shape index (κ3) is 4.18. The van der Waals surface area contributed by atoms with Gasteiger partial charge in [-0.05, 0) is 18.6 Å². The van der Waals surface area contributed by atoms with E-state index in [1.54, 1.807) is 13.1 Å². The molecular weight excluding hydrogens is 433 g/mol. The van der Waals surface area contributed by atoms with Gasteiger partial charge in [0.05, 0.1) is 11.6 Å². The number of carbonyl (C=O) groups is 2. The molecule has 4 rings (SSSR count). The first-order chi connectivity index (χ1) is 15.8. The number of aromatic amines is 1. The minimum atomic E-state index is -0.752. The summed E-state index contributed by atoms with van der Waals surface area (Å²) in [6.07, 6.45) is 1.50. The topological polar surface area (TPSA) is 119 Å². The Morgan fingerprint density at radius 1 is 1.27 bits per heavy atom. The van der Waals surface area contributed by atoms with Gasteiger partial charge in [-0.15, -0.1) is 0 Å². The van der Waals surface area contributed by atoms with Gasteiger partial charge in [0.15, 0.2) is 11.2 Å². The minimum absolute atomic E-state index is 0.0113. The van der Waals surface area contributed by atoms with Gasteiger partial charge < -0.3 is 14.2 Å². The van der Waals surface area contributed by atoms with Crippen LogP contribution in [0.2, 0.25) is 0 Å². The van der Waals surface area contributed by atoms with Crippen molar-refractivity contribution in [2.75, 3.05) is 11.4 Å². The molecule has 174 valence electrons. The second kappa shape index (κ2) is 9.00. The number of aromatic nitrogens is 4. The molecule has 2 aromatic heterocycles. The van der Waals surface area contributed by atoms with Crippen molar-refractivity contribution in [3.63, 3.8) is 0 Å². The lowest BCUT2D eigenvalue weighted by molar-refractivity contribution is -0.150. The Morgan fingerprint density at radius 2 is 2.03 bits per heavy atom. The number of unbranched alkanes of at least 4 members (excludes halogenated alkanes) is 1. The molecule has 0 saturated carbocycles. The number of halogens is 1. The summed E-state index contributed by atoms with van der Waals surface area (Å²) in [5.74, 6) is -1.99. The Morgan fingerprint density at radius 3 is 2.76 bits per heavy atom. The molecule has 3 heterocycles. The Hall–Kier alpha value is -3.76. The van der Waals surface area contributed by atoms with Crippen LogP contribution in [0.4, 0.5) is 10.1 Å². The number of H-pyrrole nitrogens is 1. The highest BCUT2D eigenvalue weighted by Gasteiger charge is 2.37. The maximum absolute atomic E-state index is 14.1. The summed E-state index contributed by atoms with van der Waals surface area (Å²) >= 11 is 0. The van der Waals surface area contributed by atoms with E-state index in [0.717, 1.165) is 12.8 Å². The van der Waals surface area contributed by atoms with Crippen LogP contribution in [0.3, 0.4) is 0 Å². The second-order valence-corrected chi connectivity index (χ2v) is 7.99. The van der Waals surface area contributed by atoms with Gasteiger partial charge in [-0.1, -0.05) is 25.5 Å². The Kier molecular flexibility index (Phi) is 6.12. The number of para-hydroxylation sites is 1. The molecule has 0 aliphatic carbocycles. The average Bonchev–Trinajstić information content (AvgIpc) is 3.32. The van der Waals surface area contributed by atoms with Gasteiger partial charge in [0.2, 0.25) is 5.91 Å². The summed E-state index contributed by atoms with van der Waals surface area (Å²) in [5, 5.41) is 0. The van der Waals surface area contributed by atoms with Crippen molar-refractivity contribution in [1.29, 1.82) is 0 Å². The number of fused-ring (bicyclic) bond motifs is 1. The van der Waals surface area contributed by atoms with Crippen LogP contribution in [0.15, 0.2) is 33.9 Å². The molecule has 1 saturated heterocycles. The number of aryl methyl sites for hydroxylation is 2. The summed E-state index contributed by atoms with van der Waals surface area (Å²) in [5.41, 5.74) is -0.555. The zero-order valence-corrected chi connectivity index (χ0v) is 18.3. The highest BCUT2D eigenvalue weighted by molar-refractivity contribution is 5.99.